The Morgan fingerprint density at radius 2 is 1.85 bits per heavy atom. The Kier molecular flexibility index (Phi) is 7.34. The SMILES string of the molecule is C=C.C=C1/C=C\C(C)=C/CN(C)CN1C1CCNCC1. The van der Waals surface area contributed by atoms with Crippen LogP contribution < -0.4 is 5.32 Å². The highest BCUT2D eigenvalue weighted by Crippen LogP contribution is 2.19. The zero-order chi connectivity index (χ0) is 15.0. The highest BCUT2D eigenvalue weighted by atomic mass is 15.3. The van der Waals surface area contributed by atoms with E-state index in [1.54, 1.807) is 0 Å². The standard InChI is InChI=1S/C15H25N3.C2H4/c1-13-4-5-14(2)18(12-17(3)11-8-13)15-6-9-16-10-7-15;1-2/h4-5,8,15-16H,2,6-7,9-12H2,1,3H3;1-2H2/b5-4-,13-8-;. The predicted molar refractivity (Wildman–Crippen MR) is 88.5 cm³/mol. The lowest BCUT2D eigenvalue weighted by Gasteiger charge is -2.38. The van der Waals surface area contributed by atoms with E-state index in [0.717, 1.165) is 32.0 Å². The van der Waals surface area contributed by atoms with Crippen LogP contribution in [-0.2, 0) is 0 Å². The average molecular weight is 275 g/mol. The van der Waals surface area contributed by atoms with E-state index in [0.29, 0.717) is 6.04 Å². The highest BCUT2D eigenvalue weighted by Gasteiger charge is 2.22. The molecule has 2 aliphatic rings. The molecule has 1 saturated heterocycles. The van der Waals surface area contributed by atoms with Gasteiger partial charge in [-0.3, -0.25) is 4.90 Å². The van der Waals surface area contributed by atoms with Crippen LogP contribution in [0, 0.1) is 0 Å². The van der Waals surface area contributed by atoms with Crippen LogP contribution in [0.1, 0.15) is 19.8 Å². The minimum absolute atomic E-state index is 0.629. The van der Waals surface area contributed by atoms with Gasteiger partial charge in [-0.15, -0.1) is 13.2 Å². The van der Waals surface area contributed by atoms with Crippen molar-refractivity contribution in [1.82, 2.24) is 15.1 Å². The van der Waals surface area contributed by atoms with Crippen LogP contribution >= 0.6 is 0 Å². The van der Waals surface area contributed by atoms with Crippen LogP contribution in [0.5, 0.6) is 0 Å². The summed E-state index contributed by atoms with van der Waals surface area (Å²) in [6.45, 7) is 16.6. The van der Waals surface area contributed by atoms with E-state index in [1.165, 1.54) is 18.4 Å². The lowest BCUT2D eigenvalue weighted by atomic mass is 10.0. The molecule has 0 amide bonds. The van der Waals surface area contributed by atoms with E-state index < -0.39 is 0 Å². The molecule has 2 heterocycles. The van der Waals surface area contributed by atoms with Crippen molar-refractivity contribution >= 4 is 0 Å². The normalized spacial score (nSPS) is 26.4. The molecule has 112 valence electrons. The van der Waals surface area contributed by atoms with Gasteiger partial charge in [-0.1, -0.05) is 24.3 Å². The Morgan fingerprint density at radius 1 is 1.20 bits per heavy atom. The molecule has 0 aliphatic carbocycles. The Morgan fingerprint density at radius 3 is 2.50 bits per heavy atom. The van der Waals surface area contributed by atoms with E-state index in [9.17, 15) is 0 Å². The van der Waals surface area contributed by atoms with Crippen molar-refractivity contribution in [3.05, 3.63) is 49.2 Å². The lowest BCUT2D eigenvalue weighted by Crippen LogP contribution is -2.46. The molecule has 2 aliphatic heterocycles. The van der Waals surface area contributed by atoms with Gasteiger partial charge in [0.2, 0.25) is 0 Å². The summed E-state index contributed by atoms with van der Waals surface area (Å²) < 4.78 is 0. The molecule has 0 aromatic heterocycles. The van der Waals surface area contributed by atoms with Gasteiger partial charge in [-0.05, 0) is 46.0 Å². The third kappa shape index (κ3) is 4.99. The molecule has 0 aromatic rings. The summed E-state index contributed by atoms with van der Waals surface area (Å²) in [7, 11) is 2.18. The van der Waals surface area contributed by atoms with E-state index in [-0.39, 0.29) is 0 Å². The van der Waals surface area contributed by atoms with Crippen molar-refractivity contribution in [1.29, 1.82) is 0 Å². The second-order valence-electron chi connectivity index (χ2n) is 5.40. The largest absolute Gasteiger partial charge is 0.356 e. The quantitative estimate of drug-likeness (QED) is 0.742. The van der Waals surface area contributed by atoms with Gasteiger partial charge in [0.05, 0.1) is 6.67 Å². The first-order valence-corrected chi connectivity index (χ1v) is 7.36. The molecule has 0 radical (unpaired) electrons. The number of likely N-dealkylation sites (N-methyl/N-ethyl adjacent to an activating group) is 1. The fraction of sp³-hybridized carbons (Fsp3) is 0.529. The summed E-state index contributed by atoms with van der Waals surface area (Å²) in [6, 6.07) is 0.629. The third-order valence-corrected chi connectivity index (χ3v) is 3.78. The molecule has 1 N–H and O–H groups in total. The Labute approximate surface area is 124 Å². The molecule has 0 atom stereocenters. The maximum absolute atomic E-state index is 4.25. The van der Waals surface area contributed by atoms with E-state index >= 15 is 0 Å². The minimum atomic E-state index is 0.629. The van der Waals surface area contributed by atoms with Crippen LogP contribution in [0.3, 0.4) is 0 Å². The lowest BCUT2D eigenvalue weighted by molar-refractivity contribution is 0.138. The van der Waals surface area contributed by atoms with Crippen molar-refractivity contribution in [2.45, 2.75) is 25.8 Å². The summed E-state index contributed by atoms with van der Waals surface area (Å²) in [5.41, 5.74) is 2.46. The molecule has 3 nitrogen and oxygen atoms in total. The summed E-state index contributed by atoms with van der Waals surface area (Å²) in [6.07, 6.45) is 9.04. The maximum Gasteiger partial charge on any atom is 0.0710 e. The number of piperidine rings is 1. The Balaban J connectivity index is 0.000000956. The van der Waals surface area contributed by atoms with Crippen LogP contribution in [-0.4, -0.2) is 49.2 Å². The van der Waals surface area contributed by atoms with E-state index in [1.807, 2.05) is 0 Å². The summed E-state index contributed by atoms with van der Waals surface area (Å²) in [5.74, 6) is 0. The first-order valence-electron chi connectivity index (χ1n) is 7.36. The van der Waals surface area contributed by atoms with Gasteiger partial charge in [0.1, 0.15) is 0 Å². The maximum atomic E-state index is 4.25. The van der Waals surface area contributed by atoms with Gasteiger partial charge in [0.25, 0.3) is 0 Å². The number of hydrogen-bond acceptors (Lipinski definition) is 3. The Hall–Kier alpha value is -1.32. The van der Waals surface area contributed by atoms with Crippen molar-refractivity contribution < 1.29 is 0 Å². The predicted octanol–water partition coefficient (Wildman–Crippen LogP) is 2.76. The Bertz CT molecular complexity index is 364. The highest BCUT2D eigenvalue weighted by molar-refractivity contribution is 5.25. The van der Waals surface area contributed by atoms with Crippen molar-refractivity contribution in [2.24, 2.45) is 0 Å². The molecule has 20 heavy (non-hydrogen) atoms. The summed E-state index contributed by atoms with van der Waals surface area (Å²) in [5, 5.41) is 3.43. The van der Waals surface area contributed by atoms with Gasteiger partial charge in [-0.2, -0.15) is 0 Å². The monoisotopic (exact) mass is 275 g/mol. The molecule has 3 heteroatoms. The molecule has 0 saturated carbocycles. The molecule has 0 spiro atoms. The molecule has 0 aromatic carbocycles. The first kappa shape index (κ1) is 16.7. The number of nitrogens with one attached hydrogen (secondary N) is 1. The van der Waals surface area contributed by atoms with Gasteiger partial charge in [-0.25, -0.2) is 0 Å². The zero-order valence-corrected chi connectivity index (χ0v) is 13.1. The van der Waals surface area contributed by atoms with E-state index in [4.69, 9.17) is 0 Å². The first-order chi connectivity index (χ1) is 9.66. The summed E-state index contributed by atoms with van der Waals surface area (Å²) in [4.78, 5) is 4.81. The second-order valence-corrected chi connectivity index (χ2v) is 5.40. The fourth-order valence-corrected chi connectivity index (χ4v) is 2.57. The molecule has 0 unspecified atom stereocenters. The van der Waals surface area contributed by atoms with Gasteiger partial charge >= 0.3 is 0 Å². The number of allylic oxidation sites excluding steroid dienone is 3. The minimum Gasteiger partial charge on any atom is -0.356 e. The molecule has 1 fully saturated rings. The van der Waals surface area contributed by atoms with Crippen LogP contribution in [0.15, 0.2) is 49.2 Å². The molecular formula is C17H29N3. The number of rotatable bonds is 1. The van der Waals surface area contributed by atoms with Gasteiger partial charge in [0, 0.05) is 18.3 Å². The van der Waals surface area contributed by atoms with Crippen LogP contribution in [0.2, 0.25) is 0 Å². The topological polar surface area (TPSA) is 18.5 Å². The van der Waals surface area contributed by atoms with Gasteiger partial charge in [0.15, 0.2) is 0 Å². The summed E-state index contributed by atoms with van der Waals surface area (Å²) >= 11 is 0. The van der Waals surface area contributed by atoms with Crippen molar-refractivity contribution in [2.75, 3.05) is 33.4 Å². The van der Waals surface area contributed by atoms with Crippen LogP contribution in [0.25, 0.3) is 0 Å². The molecular weight excluding hydrogens is 246 g/mol. The molecule has 2 rings (SSSR count). The fourth-order valence-electron chi connectivity index (χ4n) is 2.57. The molecule has 0 bridgehead atoms. The third-order valence-electron chi connectivity index (χ3n) is 3.78. The second kappa shape index (κ2) is 8.77. The van der Waals surface area contributed by atoms with Crippen molar-refractivity contribution in [3.63, 3.8) is 0 Å². The average Bonchev–Trinajstić information content (AvgIpc) is 2.56. The zero-order valence-electron chi connectivity index (χ0n) is 13.1. The number of nitrogens with zero attached hydrogens (tertiary/aromatic N) is 2. The number of hydrogen-bond donors (Lipinski definition) is 1. The van der Waals surface area contributed by atoms with Crippen molar-refractivity contribution in [3.8, 4) is 0 Å². The van der Waals surface area contributed by atoms with E-state index in [2.05, 4.69) is 67.1 Å². The smallest absolute Gasteiger partial charge is 0.0710 e. The van der Waals surface area contributed by atoms with Gasteiger partial charge < -0.3 is 10.2 Å². The van der Waals surface area contributed by atoms with Crippen LogP contribution in [0.4, 0.5) is 0 Å².